The van der Waals surface area contributed by atoms with Gasteiger partial charge in [0, 0.05) is 42.4 Å². The summed E-state index contributed by atoms with van der Waals surface area (Å²) < 4.78 is 27.7. The molecule has 43 heavy (non-hydrogen) atoms. The lowest BCUT2D eigenvalue weighted by atomic mass is 9.91. The van der Waals surface area contributed by atoms with Gasteiger partial charge in [0.15, 0.2) is 0 Å². The van der Waals surface area contributed by atoms with Gasteiger partial charge >= 0.3 is 7.60 Å². The highest BCUT2D eigenvalue weighted by Gasteiger charge is 2.48. The first-order valence-electron chi connectivity index (χ1n) is 14.0. The number of carbonyl (C=O) groups excluding carboxylic acids is 3. The number of benzene rings is 1. The Morgan fingerprint density at radius 3 is 2.70 bits per heavy atom. The smallest absolute Gasteiger partial charge is 0.340 e. The van der Waals surface area contributed by atoms with Crippen molar-refractivity contribution in [3.05, 3.63) is 52.2 Å². The van der Waals surface area contributed by atoms with Crippen LogP contribution in [-0.4, -0.2) is 78.3 Å². The summed E-state index contributed by atoms with van der Waals surface area (Å²) in [5.41, 5.74) is 1.11. The zero-order valence-electron chi connectivity index (χ0n) is 23.2. The summed E-state index contributed by atoms with van der Waals surface area (Å²) in [7, 11) is -3.27. The standard InChI is InChI=1S/C28H30FN6O6PS/c1-33-22(11-30)19(12-31-33)17-13-34(14-17)28(38)21-7-6-18-3-2-4-20(27(37)35(18)21)32-26(36)24-10-16-9-15(5-8-23(16)43-24)25(29)42(39,40)41/h5,8-10,12,17-18,20-21,25H,2-4,6-7,13-14H2,1H3,(H,32,36)(H2,39,40,41)/t18-,20-,21-,25?/m0/s1. The molecule has 15 heteroatoms. The lowest BCUT2D eigenvalue weighted by Gasteiger charge is -2.42. The number of carbonyl (C=O) groups is 3. The van der Waals surface area contributed by atoms with Crippen LogP contribution in [0.5, 0.6) is 0 Å². The first-order valence-corrected chi connectivity index (χ1v) is 16.5. The Balaban J connectivity index is 1.14. The fraction of sp³-hybridized carbons (Fsp3) is 0.464. The Bertz CT molecular complexity index is 1710. The molecule has 2 aromatic heterocycles. The van der Waals surface area contributed by atoms with Crippen molar-refractivity contribution in [1.82, 2.24) is 24.9 Å². The Morgan fingerprint density at radius 2 is 1.98 bits per heavy atom. The molecule has 3 fully saturated rings. The molecule has 0 saturated carbocycles. The molecule has 1 unspecified atom stereocenters. The number of amides is 3. The van der Waals surface area contributed by atoms with E-state index in [9.17, 15) is 38.4 Å². The largest absolute Gasteiger partial charge is 0.363 e. The number of thiophene rings is 1. The highest BCUT2D eigenvalue weighted by Crippen LogP contribution is 2.53. The molecule has 3 amide bonds. The summed E-state index contributed by atoms with van der Waals surface area (Å²) in [6.07, 6.45) is 4.81. The van der Waals surface area contributed by atoms with Gasteiger partial charge in [-0.3, -0.25) is 23.6 Å². The van der Waals surface area contributed by atoms with Crippen molar-refractivity contribution in [3.8, 4) is 6.07 Å². The van der Waals surface area contributed by atoms with Gasteiger partial charge in [0.05, 0.1) is 11.1 Å². The Kier molecular flexibility index (Phi) is 7.62. The number of nitriles is 1. The molecule has 3 aliphatic rings. The minimum atomic E-state index is -4.98. The van der Waals surface area contributed by atoms with Crippen molar-refractivity contribution in [3.63, 3.8) is 0 Å². The molecular formula is C28H30FN6O6PS. The lowest BCUT2D eigenvalue weighted by Crippen LogP contribution is -2.58. The minimum absolute atomic E-state index is 0.0151. The quantitative estimate of drug-likeness (QED) is 0.350. The second-order valence-electron chi connectivity index (χ2n) is 11.4. The van der Waals surface area contributed by atoms with E-state index in [0.717, 1.165) is 23.3 Å². The Morgan fingerprint density at radius 1 is 1.21 bits per heavy atom. The van der Waals surface area contributed by atoms with Crippen LogP contribution in [0.4, 0.5) is 4.39 Å². The van der Waals surface area contributed by atoms with Gasteiger partial charge in [0.25, 0.3) is 5.91 Å². The highest BCUT2D eigenvalue weighted by molar-refractivity contribution is 7.51. The number of aromatic nitrogens is 2. The van der Waals surface area contributed by atoms with Crippen molar-refractivity contribution in [2.24, 2.45) is 7.05 Å². The van der Waals surface area contributed by atoms with Gasteiger partial charge in [0.1, 0.15) is 23.8 Å². The van der Waals surface area contributed by atoms with Crippen LogP contribution in [0.15, 0.2) is 30.5 Å². The lowest BCUT2D eigenvalue weighted by molar-refractivity contribution is -0.148. The van der Waals surface area contributed by atoms with Gasteiger partial charge in [-0.1, -0.05) is 6.07 Å². The Hall–Kier alpha value is -3.63. The predicted molar refractivity (Wildman–Crippen MR) is 154 cm³/mol. The SMILES string of the molecule is Cn1ncc(C2CN(C(=O)[C@@H]3CC[C@@H]4CCC[C@H](NC(=O)c5cc6cc(C(F)P(=O)(O)O)ccc6s5)C(=O)N43)C2)c1C#N. The van der Waals surface area contributed by atoms with Gasteiger partial charge in [-0.05, 0) is 61.3 Å². The van der Waals surface area contributed by atoms with Crippen LogP contribution in [0.3, 0.4) is 0 Å². The first-order chi connectivity index (χ1) is 20.5. The normalized spacial score (nSPS) is 23.4. The van der Waals surface area contributed by atoms with Crippen molar-refractivity contribution in [2.45, 2.75) is 62.1 Å². The van der Waals surface area contributed by atoms with Gasteiger partial charge in [-0.2, -0.15) is 10.4 Å². The number of alkyl halides is 1. The van der Waals surface area contributed by atoms with E-state index in [0.29, 0.717) is 54.6 Å². The second kappa shape index (κ2) is 11.1. The number of rotatable bonds is 6. The van der Waals surface area contributed by atoms with Crippen LogP contribution in [0, 0.1) is 11.3 Å². The maximum Gasteiger partial charge on any atom is 0.363 e. The molecule has 3 aliphatic heterocycles. The second-order valence-corrected chi connectivity index (χ2v) is 14.1. The average Bonchev–Trinajstić information content (AvgIpc) is 3.64. The average molecular weight is 629 g/mol. The van der Waals surface area contributed by atoms with Crippen LogP contribution < -0.4 is 5.32 Å². The molecule has 6 rings (SSSR count). The third-order valence-electron chi connectivity index (χ3n) is 8.72. The van der Waals surface area contributed by atoms with Gasteiger partial charge in [-0.15, -0.1) is 11.3 Å². The summed E-state index contributed by atoms with van der Waals surface area (Å²) in [5.74, 6) is -3.34. The van der Waals surface area contributed by atoms with E-state index >= 15 is 0 Å². The van der Waals surface area contributed by atoms with E-state index in [1.165, 1.54) is 28.9 Å². The number of hydrogen-bond donors (Lipinski definition) is 3. The van der Waals surface area contributed by atoms with Crippen LogP contribution in [0.1, 0.15) is 70.4 Å². The molecule has 3 aromatic rings. The van der Waals surface area contributed by atoms with E-state index in [2.05, 4.69) is 16.5 Å². The molecule has 226 valence electrons. The zero-order chi connectivity index (χ0) is 30.6. The van der Waals surface area contributed by atoms with Crippen LogP contribution in [0.25, 0.3) is 10.1 Å². The van der Waals surface area contributed by atoms with E-state index < -0.39 is 31.5 Å². The van der Waals surface area contributed by atoms with Crippen molar-refractivity contribution in [1.29, 1.82) is 5.26 Å². The van der Waals surface area contributed by atoms with Gasteiger partial charge < -0.3 is 24.9 Å². The number of nitrogens with one attached hydrogen (secondary N) is 1. The third kappa shape index (κ3) is 5.35. The number of nitrogens with zero attached hydrogens (tertiary/aromatic N) is 5. The maximum atomic E-state index is 14.2. The van der Waals surface area contributed by atoms with E-state index in [1.807, 2.05) is 0 Å². The summed E-state index contributed by atoms with van der Waals surface area (Å²) in [5, 5.41) is 16.9. The van der Waals surface area contributed by atoms with Crippen molar-refractivity contribution >= 4 is 46.7 Å². The molecule has 3 N–H and O–H groups in total. The van der Waals surface area contributed by atoms with E-state index in [-0.39, 0.29) is 34.2 Å². The predicted octanol–water partition coefficient (Wildman–Crippen LogP) is 2.92. The summed E-state index contributed by atoms with van der Waals surface area (Å²) in [6, 6.07) is 6.28. The molecular weight excluding hydrogens is 598 g/mol. The monoisotopic (exact) mass is 628 g/mol. The minimum Gasteiger partial charge on any atom is -0.340 e. The summed E-state index contributed by atoms with van der Waals surface area (Å²) >= 11 is 1.13. The zero-order valence-corrected chi connectivity index (χ0v) is 24.9. The molecule has 1 aromatic carbocycles. The van der Waals surface area contributed by atoms with E-state index in [4.69, 9.17) is 0 Å². The molecule has 0 spiro atoms. The third-order valence-corrected chi connectivity index (χ3v) is 10.7. The number of fused-ring (bicyclic) bond motifs is 2. The molecule has 12 nitrogen and oxygen atoms in total. The number of likely N-dealkylation sites (tertiary alicyclic amines) is 1. The molecule has 5 heterocycles. The van der Waals surface area contributed by atoms with Crippen molar-refractivity contribution in [2.75, 3.05) is 13.1 Å². The fourth-order valence-corrected chi connectivity index (χ4v) is 7.93. The van der Waals surface area contributed by atoms with Crippen molar-refractivity contribution < 1.29 is 33.1 Å². The van der Waals surface area contributed by atoms with Gasteiger partial charge in [0.2, 0.25) is 17.7 Å². The van der Waals surface area contributed by atoms with Crippen LogP contribution in [-0.2, 0) is 21.2 Å². The summed E-state index contributed by atoms with van der Waals surface area (Å²) in [6.45, 7) is 0.904. The van der Waals surface area contributed by atoms with Crippen LogP contribution >= 0.6 is 18.9 Å². The number of aryl methyl sites for hydroxylation is 1. The first kappa shape index (κ1) is 29.4. The Labute approximate surface area is 250 Å². The molecule has 0 bridgehead atoms. The van der Waals surface area contributed by atoms with E-state index in [1.54, 1.807) is 23.0 Å². The molecule has 0 radical (unpaired) electrons. The number of hydrogen-bond acceptors (Lipinski definition) is 7. The van der Waals surface area contributed by atoms with Gasteiger partial charge in [-0.25, -0.2) is 4.39 Å². The highest BCUT2D eigenvalue weighted by atomic mass is 32.1. The topological polar surface area (TPSA) is 169 Å². The molecule has 0 aliphatic carbocycles. The van der Waals surface area contributed by atoms with Crippen LogP contribution in [0.2, 0.25) is 0 Å². The molecule has 4 atom stereocenters. The fourth-order valence-electron chi connectivity index (χ4n) is 6.44. The molecule has 3 saturated heterocycles. The maximum absolute atomic E-state index is 14.2. The summed E-state index contributed by atoms with van der Waals surface area (Å²) in [4.78, 5) is 62.6. The number of halogens is 1.